The highest BCUT2D eigenvalue weighted by Crippen LogP contribution is 2.38. The molecule has 1 unspecified atom stereocenters. The average Bonchev–Trinajstić information content (AvgIpc) is 3.08. The molecule has 0 amide bonds. The van der Waals surface area contributed by atoms with Crippen molar-refractivity contribution in [1.82, 2.24) is 9.78 Å². The molecule has 0 spiro atoms. The van der Waals surface area contributed by atoms with Crippen molar-refractivity contribution in [1.29, 1.82) is 5.26 Å². The number of halogens is 1. The number of rotatable bonds is 2. The fourth-order valence-electron chi connectivity index (χ4n) is 3.23. The van der Waals surface area contributed by atoms with Crippen LogP contribution in [0.3, 0.4) is 0 Å². The summed E-state index contributed by atoms with van der Waals surface area (Å²) in [4.78, 5) is 0. The largest absolute Gasteiger partial charge is 0.248 e. The summed E-state index contributed by atoms with van der Waals surface area (Å²) in [5.74, 6) is 0.541. The van der Waals surface area contributed by atoms with E-state index in [0.29, 0.717) is 23.1 Å². The van der Waals surface area contributed by atoms with E-state index >= 15 is 0 Å². The minimum atomic E-state index is -2.99. The highest BCUT2D eigenvalue weighted by atomic mass is 35.5. The Morgan fingerprint density at radius 3 is 2.55 bits per heavy atom. The van der Waals surface area contributed by atoms with Crippen molar-refractivity contribution in [2.24, 2.45) is 0 Å². The van der Waals surface area contributed by atoms with Gasteiger partial charge in [-0.3, -0.25) is 0 Å². The summed E-state index contributed by atoms with van der Waals surface area (Å²) < 4.78 is 24.8. The maximum atomic E-state index is 11.6. The van der Waals surface area contributed by atoms with Gasteiger partial charge in [0, 0.05) is 5.92 Å². The van der Waals surface area contributed by atoms with E-state index in [2.05, 4.69) is 11.2 Å². The van der Waals surface area contributed by atoms with Crippen LogP contribution in [0.4, 0.5) is 0 Å². The molecule has 0 aromatic carbocycles. The number of nitriles is 1. The van der Waals surface area contributed by atoms with Crippen molar-refractivity contribution < 1.29 is 8.42 Å². The van der Waals surface area contributed by atoms with Gasteiger partial charge in [-0.2, -0.15) is 10.4 Å². The van der Waals surface area contributed by atoms with Gasteiger partial charge < -0.3 is 0 Å². The average molecular weight is 314 g/mol. The smallest absolute Gasteiger partial charge is 0.152 e. The number of aromatic nitrogens is 2. The maximum absolute atomic E-state index is 11.6. The molecule has 2 fully saturated rings. The Bertz CT molecular complexity index is 669. The summed E-state index contributed by atoms with van der Waals surface area (Å²) in [5, 5.41) is 14.1. The first kappa shape index (κ1) is 13.9. The second-order valence-electron chi connectivity index (χ2n) is 5.65. The van der Waals surface area contributed by atoms with E-state index in [-0.39, 0.29) is 17.5 Å². The Balaban J connectivity index is 1.98. The molecule has 0 bridgehead atoms. The van der Waals surface area contributed by atoms with Crippen LogP contribution in [0.15, 0.2) is 0 Å². The van der Waals surface area contributed by atoms with Crippen LogP contribution in [0.25, 0.3) is 0 Å². The topological polar surface area (TPSA) is 75.8 Å². The lowest BCUT2D eigenvalue weighted by molar-refractivity contribution is 0.490. The minimum Gasteiger partial charge on any atom is -0.248 e. The molecule has 5 nitrogen and oxygen atoms in total. The molecule has 1 atom stereocenters. The Morgan fingerprint density at radius 2 is 2.00 bits per heavy atom. The number of sulfone groups is 1. The van der Waals surface area contributed by atoms with Crippen molar-refractivity contribution >= 4 is 21.4 Å². The van der Waals surface area contributed by atoms with Crippen molar-refractivity contribution in [3.05, 3.63) is 16.4 Å². The normalized spacial score (nSPS) is 25.9. The van der Waals surface area contributed by atoms with Gasteiger partial charge in [0.1, 0.15) is 16.8 Å². The molecular weight excluding hydrogens is 298 g/mol. The second-order valence-corrected chi connectivity index (χ2v) is 8.23. The summed E-state index contributed by atoms with van der Waals surface area (Å²) in [6, 6.07) is 1.91. The summed E-state index contributed by atoms with van der Waals surface area (Å²) in [6.07, 6.45) is 4.89. The van der Waals surface area contributed by atoms with Crippen LogP contribution in [0.2, 0.25) is 5.15 Å². The zero-order chi connectivity index (χ0) is 14.3. The van der Waals surface area contributed by atoms with E-state index in [1.165, 1.54) is 0 Å². The van der Waals surface area contributed by atoms with Crippen LogP contribution < -0.4 is 0 Å². The third kappa shape index (κ3) is 2.33. The molecule has 1 aliphatic heterocycles. The maximum Gasteiger partial charge on any atom is 0.152 e. The number of hydrogen-bond donors (Lipinski definition) is 0. The van der Waals surface area contributed by atoms with E-state index < -0.39 is 9.84 Å². The fourth-order valence-corrected chi connectivity index (χ4v) is 5.24. The molecule has 2 aliphatic rings. The molecule has 1 aliphatic carbocycles. The van der Waals surface area contributed by atoms with E-state index in [4.69, 9.17) is 11.6 Å². The molecule has 1 saturated carbocycles. The monoisotopic (exact) mass is 313 g/mol. The van der Waals surface area contributed by atoms with Crippen LogP contribution >= 0.6 is 11.6 Å². The van der Waals surface area contributed by atoms with Crippen LogP contribution in [-0.2, 0) is 9.84 Å². The first-order valence-electron chi connectivity index (χ1n) is 6.90. The molecular formula is C13H16ClN3O2S. The van der Waals surface area contributed by atoms with E-state index in [1.54, 1.807) is 4.68 Å². The molecule has 1 saturated heterocycles. The molecule has 0 radical (unpaired) electrons. The van der Waals surface area contributed by atoms with Crippen LogP contribution in [-0.4, -0.2) is 29.7 Å². The summed E-state index contributed by atoms with van der Waals surface area (Å²) in [5.41, 5.74) is 1.20. The highest BCUT2D eigenvalue weighted by molar-refractivity contribution is 7.91. The Hall–Kier alpha value is -1.06. The molecule has 108 valence electrons. The highest BCUT2D eigenvalue weighted by Gasteiger charge is 2.34. The molecule has 2 heterocycles. The zero-order valence-electron chi connectivity index (χ0n) is 11.0. The zero-order valence-corrected chi connectivity index (χ0v) is 12.6. The van der Waals surface area contributed by atoms with Gasteiger partial charge in [0.2, 0.25) is 0 Å². The SMILES string of the molecule is N#Cc1c(C2CCCC2)nn(C2CCS(=O)(=O)C2)c1Cl. The standard InChI is InChI=1S/C13H16ClN3O2S/c14-13-11(7-15)12(9-3-1-2-4-9)16-17(13)10-5-6-20(18,19)8-10/h9-10H,1-6,8H2. The lowest BCUT2D eigenvalue weighted by atomic mass is 10.0. The van der Waals surface area contributed by atoms with Gasteiger partial charge in [0.05, 0.1) is 23.2 Å². The molecule has 3 rings (SSSR count). The Morgan fingerprint density at radius 1 is 1.30 bits per heavy atom. The van der Waals surface area contributed by atoms with E-state index in [0.717, 1.165) is 31.4 Å². The first-order valence-corrected chi connectivity index (χ1v) is 9.10. The Labute approximate surface area is 123 Å². The van der Waals surface area contributed by atoms with Crippen molar-refractivity contribution in [3.63, 3.8) is 0 Å². The molecule has 20 heavy (non-hydrogen) atoms. The minimum absolute atomic E-state index is 0.0728. The van der Waals surface area contributed by atoms with Gasteiger partial charge in [-0.1, -0.05) is 24.4 Å². The molecule has 7 heteroatoms. The first-order chi connectivity index (χ1) is 9.52. The number of hydrogen-bond acceptors (Lipinski definition) is 4. The predicted octanol–water partition coefficient (Wildman–Crippen LogP) is 2.43. The van der Waals surface area contributed by atoms with Gasteiger partial charge in [-0.25, -0.2) is 13.1 Å². The third-order valence-electron chi connectivity index (χ3n) is 4.29. The molecule has 0 N–H and O–H groups in total. The van der Waals surface area contributed by atoms with Gasteiger partial charge in [-0.05, 0) is 19.3 Å². The third-order valence-corrected chi connectivity index (χ3v) is 6.40. The summed E-state index contributed by atoms with van der Waals surface area (Å²) >= 11 is 6.26. The van der Waals surface area contributed by atoms with Crippen molar-refractivity contribution in [3.8, 4) is 6.07 Å². The second kappa shape index (κ2) is 5.05. The van der Waals surface area contributed by atoms with Gasteiger partial charge in [-0.15, -0.1) is 0 Å². The Kier molecular flexibility index (Phi) is 3.51. The molecule has 1 aromatic rings. The van der Waals surface area contributed by atoms with E-state index in [9.17, 15) is 13.7 Å². The van der Waals surface area contributed by atoms with Crippen LogP contribution in [0, 0.1) is 11.3 Å². The van der Waals surface area contributed by atoms with Crippen LogP contribution in [0.1, 0.15) is 55.3 Å². The van der Waals surface area contributed by atoms with Gasteiger partial charge in [0.25, 0.3) is 0 Å². The fraction of sp³-hybridized carbons (Fsp3) is 0.692. The summed E-state index contributed by atoms with van der Waals surface area (Å²) in [6.45, 7) is 0. The molecule has 1 aromatic heterocycles. The van der Waals surface area contributed by atoms with Gasteiger partial charge in [0.15, 0.2) is 9.84 Å². The lowest BCUT2D eigenvalue weighted by Crippen LogP contribution is -2.13. The van der Waals surface area contributed by atoms with E-state index in [1.807, 2.05) is 0 Å². The van der Waals surface area contributed by atoms with Crippen molar-refractivity contribution in [2.45, 2.75) is 44.1 Å². The predicted molar refractivity (Wildman–Crippen MR) is 75.5 cm³/mol. The quantitative estimate of drug-likeness (QED) is 0.840. The lowest BCUT2D eigenvalue weighted by Gasteiger charge is -2.09. The number of nitrogens with zero attached hydrogens (tertiary/aromatic N) is 3. The summed E-state index contributed by atoms with van der Waals surface area (Å²) in [7, 11) is -2.99. The van der Waals surface area contributed by atoms with Crippen LogP contribution in [0.5, 0.6) is 0 Å². The van der Waals surface area contributed by atoms with Gasteiger partial charge >= 0.3 is 0 Å². The van der Waals surface area contributed by atoms with Crippen molar-refractivity contribution in [2.75, 3.05) is 11.5 Å².